The number of halogens is 1. The van der Waals surface area contributed by atoms with E-state index in [0.717, 1.165) is 22.0 Å². The number of hydrogen-bond acceptors (Lipinski definition) is 5. The van der Waals surface area contributed by atoms with Crippen molar-refractivity contribution < 1.29 is 23.5 Å². The van der Waals surface area contributed by atoms with Crippen LogP contribution >= 0.6 is 0 Å². The standard InChI is InChI=1S/C28H33FN4O4/c1-17-16-36-9-8-33(17)26(34)23-12-20(29)6-7-21(23)22-10-18(11-25-24(22)13-30-31(25)5)19-14-32(15-19)27(35)37-28(2,3)4/h6-7,10-13,17,19H,8-9,14-16H2,1-5H3/t17-/m1/s1. The molecule has 2 fully saturated rings. The molecule has 0 N–H and O–H groups in total. The van der Waals surface area contributed by atoms with E-state index in [2.05, 4.69) is 11.2 Å². The minimum atomic E-state index is -0.549. The molecule has 1 atom stereocenters. The van der Waals surface area contributed by atoms with Gasteiger partial charge >= 0.3 is 6.09 Å². The highest BCUT2D eigenvalue weighted by Gasteiger charge is 2.35. The lowest BCUT2D eigenvalue weighted by Gasteiger charge is -2.40. The average Bonchev–Trinajstić information content (AvgIpc) is 3.17. The third-order valence-corrected chi connectivity index (χ3v) is 7.02. The van der Waals surface area contributed by atoms with Crippen LogP contribution in [0.1, 0.15) is 49.5 Å². The fourth-order valence-electron chi connectivity index (χ4n) is 5.00. The van der Waals surface area contributed by atoms with Crippen LogP contribution in [0, 0.1) is 5.82 Å². The Bertz CT molecular complexity index is 1360. The van der Waals surface area contributed by atoms with Crippen molar-refractivity contribution >= 4 is 22.9 Å². The molecule has 0 saturated carbocycles. The molecular formula is C28H33FN4O4. The van der Waals surface area contributed by atoms with Crippen LogP contribution in [0.25, 0.3) is 22.0 Å². The summed E-state index contributed by atoms with van der Waals surface area (Å²) >= 11 is 0. The monoisotopic (exact) mass is 508 g/mol. The van der Waals surface area contributed by atoms with Crippen molar-refractivity contribution in [2.45, 2.75) is 45.3 Å². The number of likely N-dealkylation sites (tertiary alicyclic amines) is 1. The predicted octanol–water partition coefficient (Wildman–Crippen LogP) is 4.57. The summed E-state index contributed by atoms with van der Waals surface area (Å²) in [6, 6.07) is 8.41. The van der Waals surface area contributed by atoms with Gasteiger partial charge in [-0.1, -0.05) is 6.07 Å². The maximum atomic E-state index is 14.5. The average molecular weight is 509 g/mol. The smallest absolute Gasteiger partial charge is 0.410 e. The zero-order valence-electron chi connectivity index (χ0n) is 22.0. The highest BCUT2D eigenvalue weighted by atomic mass is 19.1. The maximum absolute atomic E-state index is 14.5. The molecule has 0 radical (unpaired) electrons. The first-order valence-electron chi connectivity index (χ1n) is 12.6. The number of aromatic nitrogens is 2. The van der Waals surface area contributed by atoms with Gasteiger partial charge in [-0.15, -0.1) is 0 Å². The molecule has 2 amide bonds. The van der Waals surface area contributed by atoms with Crippen LogP contribution in [0.4, 0.5) is 9.18 Å². The fourth-order valence-corrected chi connectivity index (χ4v) is 5.00. The third kappa shape index (κ3) is 4.92. The molecule has 2 saturated heterocycles. The molecule has 0 aliphatic carbocycles. The summed E-state index contributed by atoms with van der Waals surface area (Å²) < 4.78 is 27.2. The third-order valence-electron chi connectivity index (χ3n) is 7.02. The summed E-state index contributed by atoms with van der Waals surface area (Å²) in [6.45, 7) is 9.94. The molecule has 196 valence electrons. The van der Waals surface area contributed by atoms with Crippen LogP contribution in [0.5, 0.6) is 0 Å². The second-order valence-corrected chi connectivity index (χ2v) is 11.0. The van der Waals surface area contributed by atoms with Crippen molar-refractivity contribution in [2.75, 3.05) is 32.8 Å². The number of amides is 2. The molecule has 0 spiro atoms. The molecule has 3 heterocycles. The first-order chi connectivity index (χ1) is 17.5. The second-order valence-electron chi connectivity index (χ2n) is 11.0. The van der Waals surface area contributed by atoms with Crippen LogP contribution in [-0.4, -0.2) is 76.1 Å². The van der Waals surface area contributed by atoms with Crippen molar-refractivity contribution in [3.05, 3.63) is 53.5 Å². The van der Waals surface area contributed by atoms with Gasteiger partial charge in [-0.25, -0.2) is 9.18 Å². The van der Waals surface area contributed by atoms with Crippen LogP contribution in [-0.2, 0) is 16.5 Å². The molecule has 5 rings (SSSR count). The number of aryl methyl sites for hydroxylation is 1. The summed E-state index contributed by atoms with van der Waals surface area (Å²) in [5.74, 6) is -0.560. The van der Waals surface area contributed by atoms with Crippen molar-refractivity contribution in [2.24, 2.45) is 7.05 Å². The Balaban J connectivity index is 1.52. The number of fused-ring (bicyclic) bond motifs is 1. The Morgan fingerprint density at radius 2 is 1.89 bits per heavy atom. The molecular weight excluding hydrogens is 475 g/mol. The van der Waals surface area contributed by atoms with Gasteiger partial charge < -0.3 is 19.3 Å². The summed E-state index contributed by atoms with van der Waals surface area (Å²) in [5, 5.41) is 5.33. The summed E-state index contributed by atoms with van der Waals surface area (Å²) in [5.41, 5.74) is 3.19. The summed E-state index contributed by atoms with van der Waals surface area (Å²) in [4.78, 5) is 29.5. The normalized spacial score (nSPS) is 18.7. The van der Waals surface area contributed by atoms with Gasteiger partial charge in [-0.3, -0.25) is 9.48 Å². The Morgan fingerprint density at radius 1 is 1.14 bits per heavy atom. The van der Waals surface area contributed by atoms with Crippen molar-refractivity contribution in [1.29, 1.82) is 0 Å². The number of morpholine rings is 1. The van der Waals surface area contributed by atoms with E-state index in [1.807, 2.05) is 40.8 Å². The SMILES string of the molecule is C[C@@H]1COCCN1C(=O)c1cc(F)ccc1-c1cc(C2CN(C(=O)OC(C)(C)C)C2)cc2c1cnn2C. The highest BCUT2D eigenvalue weighted by Crippen LogP contribution is 2.38. The molecule has 0 bridgehead atoms. The van der Waals surface area contributed by atoms with Gasteiger partial charge in [0.15, 0.2) is 0 Å². The predicted molar refractivity (Wildman–Crippen MR) is 138 cm³/mol. The van der Waals surface area contributed by atoms with Crippen LogP contribution in [0.15, 0.2) is 36.5 Å². The van der Waals surface area contributed by atoms with Gasteiger partial charge in [-0.2, -0.15) is 5.10 Å². The van der Waals surface area contributed by atoms with E-state index in [1.165, 1.54) is 12.1 Å². The van der Waals surface area contributed by atoms with E-state index in [4.69, 9.17) is 9.47 Å². The van der Waals surface area contributed by atoms with Crippen molar-refractivity contribution in [1.82, 2.24) is 19.6 Å². The molecule has 3 aromatic rings. The van der Waals surface area contributed by atoms with Gasteiger partial charge in [0, 0.05) is 38.0 Å². The number of carbonyl (C=O) groups is 2. The molecule has 2 aromatic carbocycles. The number of ether oxygens (including phenoxy) is 2. The second kappa shape index (κ2) is 9.45. The molecule has 1 aromatic heterocycles. The van der Waals surface area contributed by atoms with Gasteiger partial charge in [-0.05, 0) is 68.7 Å². The first kappa shape index (κ1) is 25.2. The lowest BCUT2D eigenvalue weighted by Crippen LogP contribution is -2.50. The zero-order chi connectivity index (χ0) is 26.5. The number of rotatable bonds is 3. The molecule has 37 heavy (non-hydrogen) atoms. The van der Waals surface area contributed by atoms with Gasteiger partial charge in [0.05, 0.1) is 36.5 Å². The van der Waals surface area contributed by atoms with Gasteiger partial charge in [0.2, 0.25) is 0 Å². The maximum Gasteiger partial charge on any atom is 0.410 e. The quantitative estimate of drug-likeness (QED) is 0.518. The van der Waals surface area contributed by atoms with Crippen LogP contribution < -0.4 is 0 Å². The Labute approximate surface area is 215 Å². The van der Waals surface area contributed by atoms with Crippen molar-refractivity contribution in [3.63, 3.8) is 0 Å². The minimum absolute atomic E-state index is 0.101. The number of nitrogens with zero attached hydrogens (tertiary/aromatic N) is 4. The van der Waals surface area contributed by atoms with E-state index in [9.17, 15) is 14.0 Å². The van der Waals surface area contributed by atoms with E-state index >= 15 is 0 Å². The topological polar surface area (TPSA) is 76.9 Å². The Hall–Kier alpha value is -3.46. The number of benzene rings is 2. The molecule has 9 heteroatoms. The zero-order valence-corrected chi connectivity index (χ0v) is 22.0. The fraction of sp³-hybridized carbons (Fsp3) is 0.464. The lowest BCUT2D eigenvalue weighted by molar-refractivity contribution is 0.00358. The van der Waals surface area contributed by atoms with E-state index in [1.54, 1.807) is 26.7 Å². The largest absolute Gasteiger partial charge is 0.444 e. The number of carbonyl (C=O) groups excluding carboxylic acids is 2. The molecule has 2 aliphatic rings. The van der Waals surface area contributed by atoms with Gasteiger partial charge in [0.25, 0.3) is 5.91 Å². The Kier molecular flexibility index (Phi) is 6.43. The van der Waals surface area contributed by atoms with E-state index in [-0.39, 0.29) is 24.0 Å². The molecule has 0 unspecified atom stereocenters. The van der Waals surface area contributed by atoms with Crippen LogP contribution in [0.3, 0.4) is 0 Å². The number of hydrogen-bond donors (Lipinski definition) is 0. The highest BCUT2D eigenvalue weighted by molar-refractivity contribution is 6.05. The molecule has 2 aliphatic heterocycles. The first-order valence-corrected chi connectivity index (χ1v) is 12.6. The Morgan fingerprint density at radius 3 is 2.59 bits per heavy atom. The van der Waals surface area contributed by atoms with E-state index in [0.29, 0.717) is 44.0 Å². The summed E-state index contributed by atoms with van der Waals surface area (Å²) in [7, 11) is 1.87. The minimum Gasteiger partial charge on any atom is -0.444 e. The van der Waals surface area contributed by atoms with Crippen LogP contribution in [0.2, 0.25) is 0 Å². The van der Waals surface area contributed by atoms with Crippen molar-refractivity contribution in [3.8, 4) is 11.1 Å². The van der Waals surface area contributed by atoms with E-state index < -0.39 is 11.4 Å². The van der Waals surface area contributed by atoms with Gasteiger partial charge in [0.1, 0.15) is 11.4 Å². The lowest BCUT2D eigenvalue weighted by atomic mass is 9.87. The molecule has 8 nitrogen and oxygen atoms in total. The summed E-state index contributed by atoms with van der Waals surface area (Å²) in [6.07, 6.45) is 1.45.